The molecule has 0 bridgehead atoms. The standard InChI is InChI=1S/C16H15BrClNO/c1-10-3-2-4-13(18)16(10)19-14-7-8-20-15-6-5-11(17)9-12(14)15/h2-6,9,14,19H,7-8H2,1H3. The summed E-state index contributed by atoms with van der Waals surface area (Å²) < 4.78 is 6.77. The van der Waals surface area contributed by atoms with Crippen molar-refractivity contribution in [2.45, 2.75) is 19.4 Å². The molecule has 1 N–H and O–H groups in total. The zero-order chi connectivity index (χ0) is 14.1. The first kappa shape index (κ1) is 13.8. The molecule has 1 atom stereocenters. The third-order valence-electron chi connectivity index (χ3n) is 3.55. The SMILES string of the molecule is Cc1cccc(Cl)c1NC1CCOc2ccc(Br)cc21. The minimum absolute atomic E-state index is 0.217. The molecule has 4 heteroatoms. The maximum Gasteiger partial charge on any atom is 0.124 e. The van der Waals surface area contributed by atoms with Crippen LogP contribution in [-0.4, -0.2) is 6.61 Å². The largest absolute Gasteiger partial charge is 0.493 e. The van der Waals surface area contributed by atoms with Crippen molar-refractivity contribution in [3.63, 3.8) is 0 Å². The van der Waals surface area contributed by atoms with Gasteiger partial charge in [-0.3, -0.25) is 0 Å². The average Bonchev–Trinajstić information content (AvgIpc) is 2.43. The van der Waals surface area contributed by atoms with Crippen molar-refractivity contribution < 1.29 is 4.74 Å². The van der Waals surface area contributed by atoms with E-state index < -0.39 is 0 Å². The molecule has 104 valence electrons. The van der Waals surface area contributed by atoms with Crippen LogP contribution in [0.4, 0.5) is 5.69 Å². The number of para-hydroxylation sites is 1. The number of nitrogens with one attached hydrogen (secondary N) is 1. The minimum atomic E-state index is 0.217. The van der Waals surface area contributed by atoms with Gasteiger partial charge in [0.2, 0.25) is 0 Å². The van der Waals surface area contributed by atoms with E-state index in [2.05, 4.69) is 40.3 Å². The predicted octanol–water partition coefficient (Wildman–Crippen LogP) is 5.35. The quantitative estimate of drug-likeness (QED) is 0.787. The van der Waals surface area contributed by atoms with Gasteiger partial charge in [0.1, 0.15) is 5.75 Å². The fourth-order valence-corrected chi connectivity index (χ4v) is 3.16. The topological polar surface area (TPSA) is 21.3 Å². The summed E-state index contributed by atoms with van der Waals surface area (Å²) in [4.78, 5) is 0. The molecule has 0 saturated carbocycles. The van der Waals surface area contributed by atoms with Gasteiger partial charge >= 0.3 is 0 Å². The highest BCUT2D eigenvalue weighted by molar-refractivity contribution is 9.10. The van der Waals surface area contributed by atoms with Crippen molar-refractivity contribution in [1.29, 1.82) is 0 Å². The molecular formula is C16H15BrClNO. The number of hydrogen-bond acceptors (Lipinski definition) is 2. The monoisotopic (exact) mass is 351 g/mol. The number of aryl methyl sites for hydroxylation is 1. The van der Waals surface area contributed by atoms with Crippen LogP contribution in [-0.2, 0) is 0 Å². The van der Waals surface area contributed by atoms with E-state index in [9.17, 15) is 0 Å². The Bertz CT molecular complexity index is 624. The number of benzene rings is 2. The van der Waals surface area contributed by atoms with Gasteiger partial charge in [-0.25, -0.2) is 0 Å². The second kappa shape index (κ2) is 5.66. The lowest BCUT2D eigenvalue weighted by Crippen LogP contribution is -2.21. The van der Waals surface area contributed by atoms with E-state index in [0.717, 1.165) is 39.5 Å². The highest BCUT2D eigenvalue weighted by Crippen LogP contribution is 2.38. The minimum Gasteiger partial charge on any atom is -0.493 e. The number of fused-ring (bicyclic) bond motifs is 1. The molecule has 0 spiro atoms. The van der Waals surface area contributed by atoms with Gasteiger partial charge in [0.25, 0.3) is 0 Å². The van der Waals surface area contributed by atoms with Gasteiger partial charge in [0.15, 0.2) is 0 Å². The summed E-state index contributed by atoms with van der Waals surface area (Å²) in [5.41, 5.74) is 3.33. The summed E-state index contributed by atoms with van der Waals surface area (Å²) in [6.07, 6.45) is 0.925. The van der Waals surface area contributed by atoms with Gasteiger partial charge in [0.05, 0.1) is 23.4 Å². The summed E-state index contributed by atoms with van der Waals surface area (Å²) in [7, 11) is 0. The van der Waals surface area contributed by atoms with E-state index in [-0.39, 0.29) is 6.04 Å². The van der Waals surface area contributed by atoms with Crippen molar-refractivity contribution in [3.8, 4) is 5.75 Å². The zero-order valence-corrected chi connectivity index (χ0v) is 13.5. The number of halogens is 2. The van der Waals surface area contributed by atoms with E-state index in [1.54, 1.807) is 0 Å². The molecule has 1 unspecified atom stereocenters. The lowest BCUT2D eigenvalue weighted by molar-refractivity contribution is 0.274. The Morgan fingerprint density at radius 2 is 2.15 bits per heavy atom. The fraction of sp³-hybridized carbons (Fsp3) is 0.250. The maximum absolute atomic E-state index is 6.30. The van der Waals surface area contributed by atoms with Gasteiger partial charge in [0, 0.05) is 16.5 Å². The molecule has 3 rings (SSSR count). The average molecular weight is 353 g/mol. The molecule has 2 nitrogen and oxygen atoms in total. The third kappa shape index (κ3) is 2.65. The summed E-state index contributed by atoms with van der Waals surface area (Å²) in [6.45, 7) is 2.78. The smallest absolute Gasteiger partial charge is 0.124 e. The van der Waals surface area contributed by atoms with E-state index in [4.69, 9.17) is 16.3 Å². The Morgan fingerprint density at radius 3 is 2.95 bits per heavy atom. The molecule has 1 aliphatic rings. The summed E-state index contributed by atoms with van der Waals surface area (Å²) in [5, 5.41) is 4.33. The highest BCUT2D eigenvalue weighted by Gasteiger charge is 2.22. The molecule has 0 amide bonds. The lowest BCUT2D eigenvalue weighted by Gasteiger charge is -2.28. The van der Waals surface area contributed by atoms with Crippen LogP contribution < -0.4 is 10.1 Å². The van der Waals surface area contributed by atoms with Gasteiger partial charge in [-0.2, -0.15) is 0 Å². The van der Waals surface area contributed by atoms with Crippen LogP contribution in [0.25, 0.3) is 0 Å². The van der Waals surface area contributed by atoms with E-state index in [0.29, 0.717) is 0 Å². The van der Waals surface area contributed by atoms with Crippen molar-refractivity contribution in [1.82, 2.24) is 0 Å². The number of hydrogen-bond donors (Lipinski definition) is 1. The molecule has 0 aliphatic carbocycles. The predicted molar refractivity (Wildman–Crippen MR) is 86.8 cm³/mol. The van der Waals surface area contributed by atoms with E-state index in [1.807, 2.05) is 24.3 Å². The Hall–Kier alpha value is -1.19. The molecule has 0 radical (unpaired) electrons. The summed E-state index contributed by atoms with van der Waals surface area (Å²) >= 11 is 9.83. The second-order valence-electron chi connectivity index (χ2n) is 4.95. The summed E-state index contributed by atoms with van der Waals surface area (Å²) in [5.74, 6) is 0.946. The Balaban J connectivity index is 1.95. The Labute approximate surface area is 132 Å². The van der Waals surface area contributed by atoms with Gasteiger partial charge in [-0.05, 0) is 36.8 Å². The van der Waals surface area contributed by atoms with Crippen molar-refractivity contribution in [2.75, 3.05) is 11.9 Å². The molecule has 0 fully saturated rings. The Morgan fingerprint density at radius 1 is 1.30 bits per heavy atom. The number of rotatable bonds is 2. The van der Waals surface area contributed by atoms with Crippen molar-refractivity contribution in [2.24, 2.45) is 0 Å². The van der Waals surface area contributed by atoms with Crippen LogP contribution in [0.3, 0.4) is 0 Å². The molecule has 2 aromatic rings. The zero-order valence-electron chi connectivity index (χ0n) is 11.1. The van der Waals surface area contributed by atoms with Crippen molar-refractivity contribution in [3.05, 3.63) is 57.0 Å². The first-order valence-corrected chi connectivity index (χ1v) is 7.76. The maximum atomic E-state index is 6.30. The van der Waals surface area contributed by atoms with E-state index >= 15 is 0 Å². The first-order chi connectivity index (χ1) is 9.65. The van der Waals surface area contributed by atoms with Crippen LogP contribution in [0.15, 0.2) is 40.9 Å². The van der Waals surface area contributed by atoms with Crippen LogP contribution in [0, 0.1) is 6.92 Å². The first-order valence-electron chi connectivity index (χ1n) is 6.59. The molecule has 1 aliphatic heterocycles. The van der Waals surface area contributed by atoms with Gasteiger partial charge < -0.3 is 10.1 Å². The second-order valence-corrected chi connectivity index (χ2v) is 6.27. The highest BCUT2D eigenvalue weighted by atomic mass is 79.9. The summed E-state index contributed by atoms with van der Waals surface area (Å²) in [6, 6.07) is 12.3. The van der Waals surface area contributed by atoms with Gasteiger partial charge in [-0.1, -0.05) is 39.7 Å². The van der Waals surface area contributed by atoms with Crippen LogP contribution in [0.5, 0.6) is 5.75 Å². The fourth-order valence-electron chi connectivity index (χ4n) is 2.50. The molecule has 20 heavy (non-hydrogen) atoms. The number of anilines is 1. The molecular weight excluding hydrogens is 338 g/mol. The third-order valence-corrected chi connectivity index (χ3v) is 4.36. The van der Waals surface area contributed by atoms with Crippen LogP contribution >= 0.6 is 27.5 Å². The molecule has 0 aromatic heterocycles. The Kier molecular flexibility index (Phi) is 3.90. The number of ether oxygens (including phenoxy) is 1. The molecule has 1 heterocycles. The van der Waals surface area contributed by atoms with Crippen LogP contribution in [0.2, 0.25) is 5.02 Å². The molecule has 0 saturated heterocycles. The lowest BCUT2D eigenvalue weighted by atomic mass is 10.00. The normalized spacial score (nSPS) is 17.2. The van der Waals surface area contributed by atoms with E-state index in [1.165, 1.54) is 5.56 Å². The molecule has 2 aromatic carbocycles. The van der Waals surface area contributed by atoms with Crippen molar-refractivity contribution >= 4 is 33.2 Å². The van der Waals surface area contributed by atoms with Gasteiger partial charge in [-0.15, -0.1) is 0 Å². The van der Waals surface area contributed by atoms with Crippen LogP contribution in [0.1, 0.15) is 23.6 Å².